The fourth-order valence-corrected chi connectivity index (χ4v) is 1.65. The molecule has 1 aliphatic carbocycles. The molecule has 0 aromatic rings. The highest BCUT2D eigenvalue weighted by Gasteiger charge is 2.30. The number of nitrogens with one attached hydrogen (secondary N) is 2. The lowest BCUT2D eigenvalue weighted by molar-refractivity contribution is 0.233. The van der Waals surface area contributed by atoms with Gasteiger partial charge in [-0.05, 0) is 25.7 Å². The predicted molar refractivity (Wildman–Crippen MR) is 43.3 cm³/mol. The number of nitriles is 2. The summed E-state index contributed by atoms with van der Waals surface area (Å²) in [6.45, 7) is 0. The van der Waals surface area contributed by atoms with Crippen LogP contribution in [0, 0.1) is 22.9 Å². The van der Waals surface area contributed by atoms with Crippen LogP contribution in [0.5, 0.6) is 0 Å². The Labute approximate surface area is 72.2 Å². The molecule has 0 aromatic carbocycles. The van der Waals surface area contributed by atoms with Crippen LogP contribution in [0.2, 0.25) is 0 Å². The molecule has 1 rings (SSSR count). The zero-order valence-electron chi connectivity index (χ0n) is 6.93. The molecule has 0 spiro atoms. The molecule has 0 radical (unpaired) electrons. The van der Waals surface area contributed by atoms with Gasteiger partial charge in [-0.15, -0.1) is 0 Å². The van der Waals surface area contributed by atoms with E-state index in [2.05, 4.69) is 10.6 Å². The Morgan fingerprint density at radius 1 is 0.917 bits per heavy atom. The molecule has 64 valence electrons. The Morgan fingerprint density at radius 3 is 1.83 bits per heavy atom. The van der Waals surface area contributed by atoms with Crippen molar-refractivity contribution in [3.63, 3.8) is 0 Å². The Morgan fingerprint density at radius 2 is 1.42 bits per heavy atom. The lowest BCUT2D eigenvalue weighted by Gasteiger charge is -2.34. The van der Waals surface area contributed by atoms with E-state index >= 15 is 0 Å². The molecule has 0 bridgehead atoms. The SMILES string of the molecule is N#CNC1(NC#N)CCCCC1. The molecule has 4 heteroatoms. The van der Waals surface area contributed by atoms with Crippen LogP contribution in [0.1, 0.15) is 32.1 Å². The molecule has 0 heterocycles. The average Bonchev–Trinajstić information content (AvgIpc) is 2.07. The van der Waals surface area contributed by atoms with Crippen LogP contribution < -0.4 is 10.6 Å². The van der Waals surface area contributed by atoms with E-state index < -0.39 is 5.66 Å². The Hall–Kier alpha value is -1.42. The van der Waals surface area contributed by atoms with Crippen LogP contribution in [-0.2, 0) is 0 Å². The highest BCUT2D eigenvalue weighted by atomic mass is 15.2. The van der Waals surface area contributed by atoms with Crippen LogP contribution in [0.15, 0.2) is 0 Å². The summed E-state index contributed by atoms with van der Waals surface area (Å²) in [6, 6.07) is 0. The van der Waals surface area contributed by atoms with Gasteiger partial charge in [0.15, 0.2) is 12.4 Å². The number of hydrogen-bond acceptors (Lipinski definition) is 4. The van der Waals surface area contributed by atoms with Crippen LogP contribution >= 0.6 is 0 Å². The van der Waals surface area contributed by atoms with Crippen molar-refractivity contribution in [1.82, 2.24) is 10.6 Å². The quantitative estimate of drug-likeness (QED) is 0.359. The van der Waals surface area contributed by atoms with Gasteiger partial charge in [-0.3, -0.25) is 10.6 Å². The molecular weight excluding hydrogens is 152 g/mol. The first-order valence-electron chi connectivity index (χ1n) is 4.15. The van der Waals surface area contributed by atoms with E-state index in [4.69, 9.17) is 10.5 Å². The third-order valence-electron chi connectivity index (χ3n) is 2.30. The van der Waals surface area contributed by atoms with Gasteiger partial charge in [0.05, 0.1) is 0 Å². The van der Waals surface area contributed by atoms with Crippen LogP contribution in [0.25, 0.3) is 0 Å². The van der Waals surface area contributed by atoms with Gasteiger partial charge in [-0.25, -0.2) is 0 Å². The molecule has 1 saturated carbocycles. The van der Waals surface area contributed by atoms with E-state index in [1.165, 1.54) is 6.42 Å². The van der Waals surface area contributed by atoms with Crippen molar-refractivity contribution in [1.29, 1.82) is 10.5 Å². The number of hydrogen-bond donors (Lipinski definition) is 2. The van der Waals surface area contributed by atoms with Crippen molar-refractivity contribution in [3.05, 3.63) is 0 Å². The smallest absolute Gasteiger partial charge is 0.178 e. The highest BCUT2D eigenvalue weighted by molar-refractivity contribution is 4.96. The molecule has 1 aliphatic rings. The average molecular weight is 164 g/mol. The summed E-state index contributed by atoms with van der Waals surface area (Å²) in [4.78, 5) is 0. The Balaban J connectivity index is 2.58. The second-order valence-electron chi connectivity index (χ2n) is 3.12. The van der Waals surface area contributed by atoms with E-state index in [0.717, 1.165) is 25.7 Å². The lowest BCUT2D eigenvalue weighted by Crippen LogP contribution is -2.54. The minimum atomic E-state index is -0.443. The van der Waals surface area contributed by atoms with Crippen LogP contribution in [0.3, 0.4) is 0 Å². The number of rotatable bonds is 2. The standard InChI is InChI=1S/C8H12N4/c9-6-11-8(12-7-10)4-2-1-3-5-8/h11-12H,1-5H2. The van der Waals surface area contributed by atoms with Gasteiger partial charge in [0.25, 0.3) is 0 Å². The zero-order valence-corrected chi connectivity index (χ0v) is 6.93. The fraction of sp³-hybridized carbons (Fsp3) is 0.750. The van der Waals surface area contributed by atoms with Gasteiger partial charge in [0.1, 0.15) is 5.66 Å². The summed E-state index contributed by atoms with van der Waals surface area (Å²) in [7, 11) is 0. The maximum atomic E-state index is 8.50. The van der Waals surface area contributed by atoms with Gasteiger partial charge in [0, 0.05) is 0 Å². The molecule has 0 amide bonds. The van der Waals surface area contributed by atoms with Crippen molar-refractivity contribution < 1.29 is 0 Å². The van der Waals surface area contributed by atoms with E-state index in [0.29, 0.717) is 0 Å². The van der Waals surface area contributed by atoms with Crippen molar-refractivity contribution in [2.75, 3.05) is 0 Å². The second kappa shape index (κ2) is 3.82. The monoisotopic (exact) mass is 164 g/mol. The van der Waals surface area contributed by atoms with Gasteiger partial charge in [-0.2, -0.15) is 10.5 Å². The Kier molecular flexibility index (Phi) is 2.76. The normalized spacial score (nSPS) is 20.2. The Bertz CT molecular complexity index is 198. The maximum absolute atomic E-state index is 8.50. The molecule has 4 nitrogen and oxygen atoms in total. The minimum Gasteiger partial charge on any atom is -0.299 e. The van der Waals surface area contributed by atoms with E-state index in [9.17, 15) is 0 Å². The molecule has 12 heavy (non-hydrogen) atoms. The summed E-state index contributed by atoms with van der Waals surface area (Å²) in [5.74, 6) is 0. The van der Waals surface area contributed by atoms with Gasteiger partial charge < -0.3 is 0 Å². The maximum Gasteiger partial charge on any atom is 0.178 e. The first-order chi connectivity index (χ1) is 5.83. The topological polar surface area (TPSA) is 71.6 Å². The molecule has 2 N–H and O–H groups in total. The van der Waals surface area contributed by atoms with Gasteiger partial charge >= 0.3 is 0 Å². The third kappa shape index (κ3) is 1.79. The molecular formula is C8H12N4. The van der Waals surface area contributed by atoms with E-state index in [1.54, 1.807) is 0 Å². The molecule has 0 aromatic heterocycles. The molecule has 0 atom stereocenters. The molecule has 0 aliphatic heterocycles. The fourth-order valence-electron chi connectivity index (χ4n) is 1.65. The van der Waals surface area contributed by atoms with Gasteiger partial charge in [0.2, 0.25) is 0 Å². The number of nitrogens with zero attached hydrogens (tertiary/aromatic N) is 2. The molecule has 1 fully saturated rings. The largest absolute Gasteiger partial charge is 0.299 e. The van der Waals surface area contributed by atoms with Crippen molar-refractivity contribution in [2.24, 2.45) is 0 Å². The van der Waals surface area contributed by atoms with Crippen molar-refractivity contribution in [2.45, 2.75) is 37.8 Å². The zero-order chi connectivity index (χ0) is 8.86. The molecule has 0 unspecified atom stereocenters. The summed E-state index contributed by atoms with van der Waals surface area (Å²) < 4.78 is 0. The minimum absolute atomic E-state index is 0.443. The highest BCUT2D eigenvalue weighted by Crippen LogP contribution is 2.25. The molecule has 0 saturated heterocycles. The third-order valence-corrected chi connectivity index (χ3v) is 2.30. The van der Waals surface area contributed by atoms with Crippen LogP contribution in [-0.4, -0.2) is 5.66 Å². The van der Waals surface area contributed by atoms with E-state index in [1.807, 2.05) is 12.4 Å². The van der Waals surface area contributed by atoms with Gasteiger partial charge in [-0.1, -0.05) is 6.42 Å². The lowest BCUT2D eigenvalue weighted by atomic mass is 9.89. The van der Waals surface area contributed by atoms with E-state index in [-0.39, 0.29) is 0 Å². The first kappa shape index (κ1) is 8.67. The summed E-state index contributed by atoms with van der Waals surface area (Å²) in [6.07, 6.45) is 8.85. The first-order valence-corrected chi connectivity index (χ1v) is 4.15. The van der Waals surface area contributed by atoms with Crippen molar-refractivity contribution >= 4 is 0 Å². The van der Waals surface area contributed by atoms with Crippen molar-refractivity contribution in [3.8, 4) is 12.4 Å². The summed E-state index contributed by atoms with van der Waals surface area (Å²) in [5, 5.41) is 22.3. The summed E-state index contributed by atoms with van der Waals surface area (Å²) in [5.41, 5.74) is -0.443. The van der Waals surface area contributed by atoms with Crippen LogP contribution in [0.4, 0.5) is 0 Å². The summed E-state index contributed by atoms with van der Waals surface area (Å²) >= 11 is 0. The second-order valence-corrected chi connectivity index (χ2v) is 3.12. The predicted octanol–water partition coefficient (Wildman–Crippen LogP) is 0.788.